The molecule has 18 heavy (non-hydrogen) atoms. The van der Waals surface area contributed by atoms with E-state index in [1.165, 1.54) is 57.4 Å². The van der Waals surface area contributed by atoms with Crippen LogP contribution in [0.5, 0.6) is 0 Å². The van der Waals surface area contributed by atoms with Crippen molar-refractivity contribution in [2.45, 2.75) is 31.7 Å². The van der Waals surface area contributed by atoms with E-state index in [-0.39, 0.29) is 0 Å². The van der Waals surface area contributed by atoms with Crippen molar-refractivity contribution < 1.29 is 0 Å². The van der Waals surface area contributed by atoms with Crippen LogP contribution < -0.4 is 5.32 Å². The quantitative estimate of drug-likeness (QED) is 0.874. The summed E-state index contributed by atoms with van der Waals surface area (Å²) in [6.45, 7) is 5.11. The van der Waals surface area contributed by atoms with Crippen molar-refractivity contribution in [2.75, 3.05) is 26.2 Å². The lowest BCUT2D eigenvalue weighted by molar-refractivity contribution is 0.315. The molecule has 0 unspecified atom stereocenters. The molecule has 2 fully saturated rings. The predicted octanol–water partition coefficient (Wildman–Crippen LogP) is 2.30. The number of likely N-dealkylation sites (tertiary alicyclic amines) is 1. The van der Waals surface area contributed by atoms with Gasteiger partial charge in [0.05, 0.1) is 0 Å². The average molecular weight is 244 g/mol. The summed E-state index contributed by atoms with van der Waals surface area (Å²) in [6.07, 6.45) is 5.33. The maximum Gasteiger partial charge on any atom is 0.0235 e. The van der Waals surface area contributed by atoms with E-state index in [0.717, 1.165) is 12.0 Å². The molecule has 2 atom stereocenters. The minimum atomic E-state index is 0.787. The molecule has 2 saturated heterocycles. The molecule has 2 nitrogen and oxygen atoms in total. The van der Waals surface area contributed by atoms with Gasteiger partial charge in [0.15, 0.2) is 0 Å². The maximum absolute atomic E-state index is 3.68. The number of piperidine rings is 1. The first-order chi connectivity index (χ1) is 8.92. The van der Waals surface area contributed by atoms with Gasteiger partial charge in [-0.05, 0) is 50.3 Å². The molecular formula is C16H24N2. The fourth-order valence-electron chi connectivity index (χ4n) is 3.47. The third-order valence-electron chi connectivity index (χ3n) is 4.46. The smallest absolute Gasteiger partial charge is 0.0235 e. The van der Waals surface area contributed by atoms with Crippen LogP contribution in [-0.4, -0.2) is 37.1 Å². The zero-order valence-electron chi connectivity index (χ0n) is 11.1. The number of nitrogens with one attached hydrogen (secondary N) is 1. The molecule has 0 radical (unpaired) electrons. The van der Waals surface area contributed by atoms with Gasteiger partial charge < -0.3 is 10.2 Å². The third kappa shape index (κ3) is 2.93. The Balaban J connectivity index is 1.42. The molecule has 1 N–H and O–H groups in total. The first-order valence-electron chi connectivity index (χ1n) is 7.41. The number of hydrogen-bond donors (Lipinski definition) is 1. The number of rotatable bonds is 4. The van der Waals surface area contributed by atoms with E-state index in [1.807, 2.05) is 0 Å². The Kier molecular flexibility index (Phi) is 3.96. The number of nitrogens with zero attached hydrogens (tertiary/aromatic N) is 1. The van der Waals surface area contributed by atoms with Gasteiger partial charge >= 0.3 is 0 Å². The molecule has 0 spiro atoms. The molecule has 0 amide bonds. The van der Waals surface area contributed by atoms with E-state index < -0.39 is 0 Å². The highest BCUT2D eigenvalue weighted by molar-refractivity contribution is 5.14. The zero-order valence-corrected chi connectivity index (χ0v) is 11.1. The van der Waals surface area contributed by atoms with Gasteiger partial charge in [0.25, 0.3) is 0 Å². The van der Waals surface area contributed by atoms with Crippen LogP contribution in [0.4, 0.5) is 0 Å². The van der Waals surface area contributed by atoms with Gasteiger partial charge in [-0.25, -0.2) is 0 Å². The highest BCUT2D eigenvalue weighted by atomic mass is 15.2. The second kappa shape index (κ2) is 5.85. The Hall–Kier alpha value is -0.860. The average Bonchev–Trinajstić information content (AvgIpc) is 2.82. The van der Waals surface area contributed by atoms with Crippen molar-refractivity contribution in [1.29, 1.82) is 0 Å². The standard InChI is InChI=1S/C16H24N2/c1-2-6-14(7-3-1)8-5-11-18-12-15-9-4-10-17-16(15)13-18/h1-3,6-7,15-17H,4-5,8-13H2/t15-,16+/m0/s1. The number of hydrogen-bond acceptors (Lipinski definition) is 2. The first-order valence-corrected chi connectivity index (χ1v) is 7.41. The fourth-order valence-corrected chi connectivity index (χ4v) is 3.47. The van der Waals surface area contributed by atoms with Gasteiger partial charge in [-0.2, -0.15) is 0 Å². The largest absolute Gasteiger partial charge is 0.312 e. The molecule has 0 aromatic heterocycles. The predicted molar refractivity (Wildman–Crippen MR) is 75.7 cm³/mol. The zero-order chi connectivity index (χ0) is 12.2. The SMILES string of the molecule is c1ccc(CCCN2C[C@@H]3CCCN[C@@H]3C2)cc1. The minimum Gasteiger partial charge on any atom is -0.312 e. The van der Waals surface area contributed by atoms with E-state index in [0.29, 0.717) is 0 Å². The van der Waals surface area contributed by atoms with Gasteiger partial charge in [-0.3, -0.25) is 0 Å². The number of benzene rings is 1. The van der Waals surface area contributed by atoms with E-state index in [9.17, 15) is 0 Å². The van der Waals surface area contributed by atoms with Crippen LogP contribution in [-0.2, 0) is 6.42 Å². The van der Waals surface area contributed by atoms with Crippen molar-refractivity contribution in [1.82, 2.24) is 10.2 Å². The third-order valence-corrected chi connectivity index (χ3v) is 4.46. The Morgan fingerprint density at radius 3 is 2.89 bits per heavy atom. The van der Waals surface area contributed by atoms with E-state index in [1.54, 1.807) is 0 Å². The van der Waals surface area contributed by atoms with Crippen molar-refractivity contribution in [3.05, 3.63) is 35.9 Å². The van der Waals surface area contributed by atoms with Gasteiger partial charge in [0, 0.05) is 19.1 Å². The summed E-state index contributed by atoms with van der Waals surface area (Å²) in [6, 6.07) is 11.7. The monoisotopic (exact) mass is 244 g/mol. The molecule has 2 aliphatic heterocycles. The van der Waals surface area contributed by atoms with E-state index in [4.69, 9.17) is 0 Å². The van der Waals surface area contributed by atoms with Crippen molar-refractivity contribution in [2.24, 2.45) is 5.92 Å². The Morgan fingerprint density at radius 2 is 2.06 bits per heavy atom. The summed E-state index contributed by atoms with van der Waals surface area (Å²) in [5, 5.41) is 3.68. The summed E-state index contributed by atoms with van der Waals surface area (Å²) < 4.78 is 0. The van der Waals surface area contributed by atoms with E-state index in [2.05, 4.69) is 40.5 Å². The van der Waals surface area contributed by atoms with Crippen molar-refractivity contribution in [3.8, 4) is 0 Å². The lowest BCUT2D eigenvalue weighted by Crippen LogP contribution is -2.40. The second-order valence-corrected chi connectivity index (χ2v) is 5.81. The Labute approximate surface area is 110 Å². The van der Waals surface area contributed by atoms with Gasteiger partial charge in [0.2, 0.25) is 0 Å². The van der Waals surface area contributed by atoms with Crippen LogP contribution in [0.15, 0.2) is 30.3 Å². The van der Waals surface area contributed by atoms with Gasteiger partial charge in [0.1, 0.15) is 0 Å². The molecule has 0 saturated carbocycles. The lowest BCUT2D eigenvalue weighted by atomic mass is 9.94. The van der Waals surface area contributed by atoms with Crippen LogP contribution in [0.1, 0.15) is 24.8 Å². The van der Waals surface area contributed by atoms with Crippen molar-refractivity contribution >= 4 is 0 Å². The minimum absolute atomic E-state index is 0.787. The molecule has 2 heteroatoms. The molecule has 0 bridgehead atoms. The molecule has 0 aliphatic carbocycles. The van der Waals surface area contributed by atoms with Crippen LogP contribution in [0, 0.1) is 5.92 Å². The van der Waals surface area contributed by atoms with Crippen molar-refractivity contribution in [3.63, 3.8) is 0 Å². The summed E-state index contributed by atoms with van der Waals surface area (Å²) >= 11 is 0. The normalized spacial score (nSPS) is 28.2. The van der Waals surface area contributed by atoms with Crippen LogP contribution in [0.2, 0.25) is 0 Å². The summed E-state index contributed by atoms with van der Waals surface area (Å²) in [7, 11) is 0. The summed E-state index contributed by atoms with van der Waals surface area (Å²) in [5.74, 6) is 0.926. The van der Waals surface area contributed by atoms with Crippen LogP contribution in [0.25, 0.3) is 0 Å². The molecule has 1 aromatic rings. The Bertz CT molecular complexity index is 349. The molecule has 3 rings (SSSR count). The van der Waals surface area contributed by atoms with Crippen LogP contribution in [0.3, 0.4) is 0 Å². The fraction of sp³-hybridized carbons (Fsp3) is 0.625. The summed E-state index contributed by atoms with van der Waals surface area (Å²) in [5.41, 5.74) is 1.48. The highest BCUT2D eigenvalue weighted by Crippen LogP contribution is 2.24. The van der Waals surface area contributed by atoms with Gasteiger partial charge in [-0.1, -0.05) is 30.3 Å². The van der Waals surface area contributed by atoms with Crippen LogP contribution >= 0.6 is 0 Å². The molecule has 2 heterocycles. The maximum atomic E-state index is 3.68. The second-order valence-electron chi connectivity index (χ2n) is 5.81. The number of aryl methyl sites for hydroxylation is 1. The number of fused-ring (bicyclic) bond motifs is 1. The molecular weight excluding hydrogens is 220 g/mol. The van der Waals surface area contributed by atoms with Gasteiger partial charge in [-0.15, -0.1) is 0 Å². The molecule has 1 aromatic carbocycles. The molecule has 98 valence electrons. The Morgan fingerprint density at radius 1 is 1.17 bits per heavy atom. The first kappa shape index (κ1) is 12.2. The highest BCUT2D eigenvalue weighted by Gasteiger charge is 2.33. The lowest BCUT2D eigenvalue weighted by Gasteiger charge is -2.24. The molecule has 2 aliphatic rings. The summed E-state index contributed by atoms with van der Waals surface area (Å²) in [4.78, 5) is 2.66. The topological polar surface area (TPSA) is 15.3 Å². The van der Waals surface area contributed by atoms with E-state index >= 15 is 0 Å².